The second-order valence-corrected chi connectivity index (χ2v) is 4.23. The van der Waals surface area contributed by atoms with Crippen LogP contribution in [-0.4, -0.2) is 20.8 Å². The van der Waals surface area contributed by atoms with E-state index in [4.69, 9.17) is 4.52 Å². The Morgan fingerprint density at radius 1 is 1.53 bits per heavy atom. The quantitative estimate of drug-likeness (QED) is 0.885. The first-order valence-electron chi connectivity index (χ1n) is 5.37. The summed E-state index contributed by atoms with van der Waals surface area (Å²) in [6.45, 7) is 3.75. The van der Waals surface area contributed by atoms with Gasteiger partial charge in [0.15, 0.2) is 5.76 Å². The third-order valence-corrected chi connectivity index (χ3v) is 2.64. The monoisotopic (exact) mass is 234 g/mol. The lowest BCUT2D eigenvalue weighted by Gasteiger charge is -2.02. The van der Waals surface area contributed by atoms with Crippen LogP contribution < -0.4 is 0 Å². The Morgan fingerprint density at radius 2 is 2.24 bits per heavy atom. The van der Waals surface area contributed by atoms with Crippen LogP contribution in [0, 0.1) is 0 Å². The van der Waals surface area contributed by atoms with E-state index in [1.807, 2.05) is 43.8 Å². The highest BCUT2D eigenvalue weighted by Gasteiger charge is 2.26. The van der Waals surface area contributed by atoms with E-state index < -0.39 is 5.97 Å². The van der Waals surface area contributed by atoms with Crippen LogP contribution in [0.25, 0.3) is 11.4 Å². The van der Waals surface area contributed by atoms with Crippen molar-refractivity contribution in [3.05, 3.63) is 29.7 Å². The van der Waals surface area contributed by atoms with Crippen molar-refractivity contribution in [2.45, 2.75) is 19.8 Å². The lowest BCUT2D eigenvalue weighted by atomic mass is 10.0. The zero-order valence-corrected chi connectivity index (χ0v) is 9.97. The van der Waals surface area contributed by atoms with Crippen LogP contribution in [0.1, 0.15) is 35.9 Å². The number of rotatable bonds is 3. The summed E-state index contributed by atoms with van der Waals surface area (Å²) in [5, 5.41) is 13.1. The predicted molar refractivity (Wildman–Crippen MR) is 62.0 cm³/mol. The molecule has 0 bridgehead atoms. The summed E-state index contributed by atoms with van der Waals surface area (Å²) < 4.78 is 6.97. The van der Waals surface area contributed by atoms with Gasteiger partial charge in [-0.05, 0) is 12.1 Å². The van der Waals surface area contributed by atoms with Crippen LogP contribution >= 0.6 is 0 Å². The van der Waals surface area contributed by atoms with E-state index in [0.717, 1.165) is 5.69 Å². The number of aromatic nitrogens is 2. The Bertz CT molecular complexity index is 552. The molecule has 0 aliphatic rings. The van der Waals surface area contributed by atoms with Crippen molar-refractivity contribution >= 4 is 5.97 Å². The molecule has 0 aliphatic carbocycles. The molecular weight excluding hydrogens is 220 g/mol. The Hall–Kier alpha value is -2.04. The molecule has 0 unspecified atom stereocenters. The zero-order chi connectivity index (χ0) is 12.6. The molecule has 0 amide bonds. The smallest absolute Gasteiger partial charge is 0.341 e. The standard InChI is InChI=1S/C12H14N2O3/c1-7(2)11-9(12(15)16)10(13-17-11)8-5-4-6-14(8)3/h4-7H,1-3H3,(H,15,16). The normalized spacial score (nSPS) is 11.1. The first-order chi connectivity index (χ1) is 8.02. The van der Waals surface area contributed by atoms with Gasteiger partial charge in [-0.1, -0.05) is 19.0 Å². The first-order valence-corrected chi connectivity index (χ1v) is 5.37. The second kappa shape index (κ2) is 4.08. The highest BCUT2D eigenvalue weighted by molar-refractivity contribution is 5.95. The summed E-state index contributed by atoms with van der Waals surface area (Å²) in [6.07, 6.45) is 1.84. The summed E-state index contributed by atoms with van der Waals surface area (Å²) in [4.78, 5) is 11.3. The molecule has 2 heterocycles. The number of aromatic carboxylic acids is 1. The third-order valence-electron chi connectivity index (χ3n) is 2.64. The number of hydrogen-bond donors (Lipinski definition) is 1. The molecule has 0 aromatic carbocycles. The topological polar surface area (TPSA) is 68.3 Å². The average molecular weight is 234 g/mol. The highest BCUT2D eigenvalue weighted by atomic mass is 16.5. The molecule has 5 nitrogen and oxygen atoms in total. The maximum atomic E-state index is 11.3. The fourth-order valence-electron chi connectivity index (χ4n) is 1.79. The van der Waals surface area contributed by atoms with Crippen molar-refractivity contribution in [2.24, 2.45) is 7.05 Å². The molecule has 1 N–H and O–H groups in total. The number of carbonyl (C=O) groups is 1. The molecule has 2 rings (SSSR count). The van der Waals surface area contributed by atoms with Gasteiger partial charge < -0.3 is 14.2 Å². The summed E-state index contributed by atoms with van der Waals surface area (Å²) in [5.41, 5.74) is 1.27. The molecule has 0 atom stereocenters. The van der Waals surface area contributed by atoms with Gasteiger partial charge in [-0.2, -0.15) is 0 Å². The molecule has 0 aliphatic heterocycles. The van der Waals surface area contributed by atoms with Gasteiger partial charge in [0.05, 0.1) is 5.69 Å². The van der Waals surface area contributed by atoms with Crippen molar-refractivity contribution < 1.29 is 14.4 Å². The zero-order valence-electron chi connectivity index (χ0n) is 9.97. The lowest BCUT2D eigenvalue weighted by molar-refractivity contribution is 0.0694. The molecule has 0 radical (unpaired) electrons. The van der Waals surface area contributed by atoms with Crippen molar-refractivity contribution in [2.75, 3.05) is 0 Å². The van der Waals surface area contributed by atoms with Gasteiger partial charge in [0, 0.05) is 19.2 Å². The van der Waals surface area contributed by atoms with Gasteiger partial charge >= 0.3 is 5.97 Å². The predicted octanol–water partition coefficient (Wildman–Crippen LogP) is 2.50. The number of hydrogen-bond acceptors (Lipinski definition) is 3. The third kappa shape index (κ3) is 1.84. The van der Waals surface area contributed by atoms with Crippen molar-refractivity contribution in [3.63, 3.8) is 0 Å². The van der Waals surface area contributed by atoms with E-state index in [0.29, 0.717) is 11.5 Å². The van der Waals surface area contributed by atoms with Gasteiger partial charge in [0.25, 0.3) is 0 Å². The van der Waals surface area contributed by atoms with Crippen LogP contribution in [0.5, 0.6) is 0 Å². The van der Waals surface area contributed by atoms with E-state index in [1.165, 1.54) is 0 Å². The van der Waals surface area contributed by atoms with Gasteiger partial charge in [-0.15, -0.1) is 0 Å². The maximum Gasteiger partial charge on any atom is 0.341 e. The summed E-state index contributed by atoms with van der Waals surface area (Å²) in [5.74, 6) is -0.609. The summed E-state index contributed by atoms with van der Waals surface area (Å²) in [6, 6.07) is 3.65. The van der Waals surface area contributed by atoms with E-state index in [2.05, 4.69) is 5.16 Å². The van der Waals surface area contributed by atoms with E-state index in [9.17, 15) is 9.90 Å². The Kier molecular flexibility index (Phi) is 2.75. The van der Waals surface area contributed by atoms with E-state index in [1.54, 1.807) is 0 Å². The second-order valence-electron chi connectivity index (χ2n) is 4.23. The Labute approximate surface area is 98.7 Å². The van der Waals surface area contributed by atoms with Crippen molar-refractivity contribution in [1.29, 1.82) is 0 Å². The van der Waals surface area contributed by atoms with Crippen LogP contribution in [-0.2, 0) is 7.05 Å². The molecule has 0 fully saturated rings. The molecule has 90 valence electrons. The van der Waals surface area contributed by atoms with Gasteiger partial charge in [-0.25, -0.2) is 4.79 Å². The number of nitrogens with zero attached hydrogens (tertiary/aromatic N) is 2. The molecule has 0 saturated carbocycles. The van der Waals surface area contributed by atoms with Crippen molar-refractivity contribution in [1.82, 2.24) is 9.72 Å². The molecule has 0 spiro atoms. The van der Waals surface area contributed by atoms with Crippen molar-refractivity contribution in [3.8, 4) is 11.4 Å². The minimum atomic E-state index is -1.01. The van der Waals surface area contributed by atoms with Gasteiger partial charge in [0.2, 0.25) is 0 Å². The summed E-state index contributed by atoms with van der Waals surface area (Å²) >= 11 is 0. The number of aryl methyl sites for hydroxylation is 1. The molecule has 17 heavy (non-hydrogen) atoms. The SMILES string of the molecule is CC(C)c1onc(-c2cccn2C)c1C(=O)O. The van der Waals surface area contributed by atoms with Crippen LogP contribution in [0.3, 0.4) is 0 Å². The highest BCUT2D eigenvalue weighted by Crippen LogP contribution is 2.29. The molecule has 2 aromatic rings. The van der Waals surface area contributed by atoms with Crippen LogP contribution in [0.15, 0.2) is 22.9 Å². The molecule has 0 saturated heterocycles. The lowest BCUT2D eigenvalue weighted by Crippen LogP contribution is -2.03. The van der Waals surface area contributed by atoms with Crippen LogP contribution in [0.2, 0.25) is 0 Å². The van der Waals surface area contributed by atoms with Crippen LogP contribution in [0.4, 0.5) is 0 Å². The minimum Gasteiger partial charge on any atom is -0.477 e. The first kappa shape index (κ1) is 11.4. The van der Waals surface area contributed by atoms with Gasteiger partial charge in [0.1, 0.15) is 11.3 Å². The fourth-order valence-corrected chi connectivity index (χ4v) is 1.79. The molecular formula is C12H14N2O3. The fraction of sp³-hybridized carbons (Fsp3) is 0.333. The van der Waals surface area contributed by atoms with E-state index in [-0.39, 0.29) is 11.5 Å². The molecule has 5 heteroatoms. The number of carboxylic acid groups (broad SMARTS) is 1. The maximum absolute atomic E-state index is 11.3. The Morgan fingerprint density at radius 3 is 2.71 bits per heavy atom. The van der Waals surface area contributed by atoms with Gasteiger partial charge in [-0.3, -0.25) is 0 Å². The molecule has 2 aromatic heterocycles. The summed E-state index contributed by atoms with van der Waals surface area (Å²) in [7, 11) is 1.84. The number of carboxylic acids is 1. The Balaban J connectivity index is 2.64. The largest absolute Gasteiger partial charge is 0.477 e. The minimum absolute atomic E-state index is 0.0115. The van der Waals surface area contributed by atoms with E-state index >= 15 is 0 Å². The average Bonchev–Trinajstić information content (AvgIpc) is 2.82.